The second kappa shape index (κ2) is 7.97. The highest BCUT2D eigenvalue weighted by molar-refractivity contribution is 8.00. The summed E-state index contributed by atoms with van der Waals surface area (Å²) < 4.78 is 0. The van der Waals surface area contributed by atoms with Gasteiger partial charge in [0.1, 0.15) is 0 Å². The van der Waals surface area contributed by atoms with Gasteiger partial charge < -0.3 is 5.32 Å². The Hall–Kier alpha value is -2.07. The van der Waals surface area contributed by atoms with E-state index in [-0.39, 0.29) is 16.9 Å². The molecule has 1 unspecified atom stereocenters. The first kappa shape index (κ1) is 17.3. The number of thioether (sulfide) groups is 1. The highest BCUT2D eigenvalue weighted by Crippen LogP contribution is 2.28. The summed E-state index contributed by atoms with van der Waals surface area (Å²) in [6.45, 7) is 5.48. The van der Waals surface area contributed by atoms with E-state index < -0.39 is 0 Å². The number of anilines is 1. The number of hydrogen-bond acceptors (Lipinski definition) is 3. The number of hydrogen-bond donors (Lipinski definition) is 1. The minimum Gasteiger partial charge on any atom is -0.325 e. The lowest BCUT2D eigenvalue weighted by atomic mass is 10.1. The van der Waals surface area contributed by atoms with E-state index in [1.165, 1.54) is 17.3 Å². The van der Waals surface area contributed by atoms with Gasteiger partial charge in [-0.3, -0.25) is 9.59 Å². The van der Waals surface area contributed by atoms with Crippen LogP contribution in [0.5, 0.6) is 0 Å². The molecule has 0 radical (unpaired) electrons. The number of nitrogens with one attached hydrogen (secondary N) is 1. The lowest BCUT2D eigenvalue weighted by molar-refractivity contribution is -0.115. The molecule has 0 aliphatic heterocycles. The first-order valence-corrected chi connectivity index (χ1v) is 8.55. The first-order chi connectivity index (χ1) is 11.0. The molecule has 0 aromatic heterocycles. The molecule has 0 bridgehead atoms. The molecule has 0 spiro atoms. The van der Waals surface area contributed by atoms with Crippen LogP contribution >= 0.6 is 11.8 Å². The lowest BCUT2D eigenvalue weighted by Gasteiger charge is -2.14. The quantitative estimate of drug-likeness (QED) is 0.624. The summed E-state index contributed by atoms with van der Waals surface area (Å²) >= 11 is 1.40. The van der Waals surface area contributed by atoms with Gasteiger partial charge in [0.05, 0.1) is 5.25 Å². The molecule has 0 aliphatic carbocycles. The maximum Gasteiger partial charge on any atom is 0.237 e. The fourth-order valence-corrected chi connectivity index (χ4v) is 3.21. The smallest absolute Gasteiger partial charge is 0.237 e. The predicted octanol–water partition coefficient (Wildman–Crippen LogP) is 4.57. The molecule has 1 N–H and O–H groups in total. The molecule has 2 aromatic carbocycles. The maximum absolute atomic E-state index is 12.3. The largest absolute Gasteiger partial charge is 0.325 e. The maximum atomic E-state index is 12.3. The third-order valence-electron chi connectivity index (χ3n) is 3.57. The molecule has 0 fully saturated rings. The van der Waals surface area contributed by atoms with E-state index in [9.17, 15) is 9.59 Å². The fourth-order valence-electron chi connectivity index (χ4n) is 2.17. The van der Waals surface area contributed by atoms with Crippen molar-refractivity contribution in [1.82, 2.24) is 0 Å². The minimum atomic E-state index is -0.290. The van der Waals surface area contributed by atoms with E-state index >= 15 is 0 Å². The van der Waals surface area contributed by atoms with Gasteiger partial charge in [-0.25, -0.2) is 0 Å². The Morgan fingerprint density at radius 1 is 1.09 bits per heavy atom. The highest BCUT2D eigenvalue weighted by atomic mass is 32.2. The standard InChI is InChI=1S/C19H21NO2S/c1-4-15-9-11-16(12-10-15)20-19(22)14(3)23-18-8-6-5-7-17(18)13(2)21/h5-12,14H,4H2,1-3H3,(H,20,22). The van der Waals surface area contributed by atoms with Crippen LogP contribution in [0.15, 0.2) is 53.4 Å². The lowest BCUT2D eigenvalue weighted by Crippen LogP contribution is -2.22. The predicted molar refractivity (Wildman–Crippen MR) is 96.2 cm³/mol. The van der Waals surface area contributed by atoms with Crippen molar-refractivity contribution in [2.75, 3.05) is 5.32 Å². The molecule has 2 rings (SSSR count). The van der Waals surface area contributed by atoms with Crippen LogP contribution in [0.1, 0.15) is 36.7 Å². The van der Waals surface area contributed by atoms with Gasteiger partial charge >= 0.3 is 0 Å². The summed E-state index contributed by atoms with van der Waals surface area (Å²) in [6, 6.07) is 15.2. The second-order valence-corrected chi connectivity index (χ2v) is 6.73. The molecule has 120 valence electrons. The third-order valence-corrected chi connectivity index (χ3v) is 4.75. The van der Waals surface area contributed by atoms with E-state index in [0.717, 1.165) is 17.0 Å². The Morgan fingerprint density at radius 3 is 2.35 bits per heavy atom. The van der Waals surface area contributed by atoms with Gasteiger partial charge in [-0.15, -0.1) is 11.8 Å². The van der Waals surface area contributed by atoms with Crippen molar-refractivity contribution in [3.63, 3.8) is 0 Å². The molecule has 4 heteroatoms. The van der Waals surface area contributed by atoms with Crippen LogP contribution in [0.3, 0.4) is 0 Å². The van der Waals surface area contributed by atoms with Crippen LogP contribution in [0, 0.1) is 0 Å². The molecule has 0 heterocycles. The minimum absolute atomic E-state index is 0.0101. The van der Waals surface area contributed by atoms with Crippen molar-refractivity contribution in [3.8, 4) is 0 Å². The highest BCUT2D eigenvalue weighted by Gasteiger charge is 2.17. The van der Waals surface area contributed by atoms with Crippen LogP contribution in [-0.4, -0.2) is 16.9 Å². The molecule has 2 aromatic rings. The van der Waals surface area contributed by atoms with Crippen molar-refractivity contribution in [1.29, 1.82) is 0 Å². The number of benzene rings is 2. The summed E-state index contributed by atoms with van der Waals surface area (Å²) in [5.41, 5.74) is 2.68. The topological polar surface area (TPSA) is 46.2 Å². The Kier molecular flexibility index (Phi) is 5.99. The summed E-state index contributed by atoms with van der Waals surface area (Å²) in [5.74, 6) is -0.0616. The zero-order valence-electron chi connectivity index (χ0n) is 13.6. The molecular weight excluding hydrogens is 306 g/mol. The molecule has 1 amide bonds. The molecule has 0 aliphatic rings. The summed E-state index contributed by atoms with van der Waals surface area (Å²) in [5, 5.41) is 2.63. The fraction of sp³-hybridized carbons (Fsp3) is 0.263. The van der Waals surface area contributed by atoms with Crippen LogP contribution in [0.25, 0.3) is 0 Å². The van der Waals surface area contributed by atoms with Gasteiger partial charge in [-0.1, -0.05) is 37.3 Å². The number of Topliss-reactive ketones (excluding diaryl/α,β-unsaturated/α-hetero) is 1. The zero-order chi connectivity index (χ0) is 16.8. The Bertz CT molecular complexity index is 695. The van der Waals surface area contributed by atoms with Crippen molar-refractivity contribution in [3.05, 3.63) is 59.7 Å². The van der Waals surface area contributed by atoms with Crippen molar-refractivity contribution >= 4 is 29.1 Å². The number of aryl methyl sites for hydroxylation is 1. The van der Waals surface area contributed by atoms with Gasteiger partial charge in [0, 0.05) is 16.1 Å². The Morgan fingerprint density at radius 2 is 1.74 bits per heavy atom. The van der Waals surface area contributed by atoms with Crippen LogP contribution in [0.2, 0.25) is 0 Å². The van der Waals surface area contributed by atoms with E-state index in [1.54, 1.807) is 13.0 Å². The number of ketones is 1. The Balaban J connectivity index is 2.04. The molecule has 23 heavy (non-hydrogen) atoms. The van der Waals surface area contributed by atoms with E-state index in [4.69, 9.17) is 0 Å². The Labute approximate surface area is 141 Å². The summed E-state index contributed by atoms with van der Waals surface area (Å²) in [6.07, 6.45) is 0.975. The van der Waals surface area contributed by atoms with Gasteiger partial charge in [-0.05, 0) is 44.0 Å². The molecule has 0 saturated carbocycles. The van der Waals surface area contributed by atoms with Gasteiger partial charge in [0.15, 0.2) is 5.78 Å². The average Bonchev–Trinajstić information content (AvgIpc) is 2.55. The monoisotopic (exact) mass is 327 g/mol. The van der Waals surface area contributed by atoms with Gasteiger partial charge in [0.2, 0.25) is 5.91 Å². The normalized spacial score (nSPS) is 11.8. The van der Waals surface area contributed by atoms with Crippen molar-refractivity contribution in [2.45, 2.75) is 37.3 Å². The van der Waals surface area contributed by atoms with Crippen molar-refractivity contribution < 1.29 is 9.59 Å². The summed E-state index contributed by atoms with van der Waals surface area (Å²) in [7, 11) is 0. The van der Waals surface area contributed by atoms with Crippen molar-refractivity contribution in [2.24, 2.45) is 0 Å². The van der Waals surface area contributed by atoms with E-state index in [0.29, 0.717) is 5.56 Å². The van der Waals surface area contributed by atoms with Crippen LogP contribution < -0.4 is 5.32 Å². The van der Waals surface area contributed by atoms with E-state index in [1.807, 2.05) is 49.4 Å². The molecular formula is C19H21NO2S. The number of rotatable bonds is 6. The zero-order valence-corrected chi connectivity index (χ0v) is 14.4. The SMILES string of the molecule is CCc1ccc(NC(=O)C(C)Sc2ccccc2C(C)=O)cc1. The average molecular weight is 327 g/mol. The van der Waals surface area contributed by atoms with Crippen LogP contribution in [-0.2, 0) is 11.2 Å². The number of carbonyl (C=O) groups excluding carboxylic acids is 2. The number of amides is 1. The number of carbonyl (C=O) groups is 2. The van der Waals surface area contributed by atoms with E-state index in [2.05, 4.69) is 12.2 Å². The first-order valence-electron chi connectivity index (χ1n) is 7.67. The molecule has 3 nitrogen and oxygen atoms in total. The molecule has 1 atom stereocenters. The second-order valence-electron chi connectivity index (χ2n) is 5.35. The summed E-state index contributed by atoms with van der Waals surface area (Å²) in [4.78, 5) is 24.8. The third kappa shape index (κ3) is 4.70. The molecule has 0 saturated heterocycles. The van der Waals surface area contributed by atoms with Crippen LogP contribution in [0.4, 0.5) is 5.69 Å². The van der Waals surface area contributed by atoms with Gasteiger partial charge in [0.25, 0.3) is 0 Å². The van der Waals surface area contributed by atoms with Gasteiger partial charge in [-0.2, -0.15) is 0 Å².